The van der Waals surface area contributed by atoms with Gasteiger partial charge in [-0.2, -0.15) is 0 Å². The number of phenols is 1. The van der Waals surface area contributed by atoms with Crippen LogP contribution in [0.3, 0.4) is 0 Å². The molecule has 0 spiro atoms. The first kappa shape index (κ1) is 13.4. The highest BCUT2D eigenvalue weighted by Gasteiger charge is 2.08. The van der Waals surface area contributed by atoms with Gasteiger partial charge in [0, 0.05) is 0 Å². The van der Waals surface area contributed by atoms with Crippen molar-refractivity contribution in [2.75, 3.05) is 6.61 Å². The van der Waals surface area contributed by atoms with Crippen LogP contribution in [0.2, 0.25) is 0 Å². The highest BCUT2D eigenvalue weighted by atomic mass is 127. The Hall–Kier alpha value is -1.01. The Morgan fingerprint density at radius 1 is 1.44 bits per heavy atom. The first-order valence-corrected chi connectivity index (χ1v) is 6.67. The maximum absolute atomic E-state index is 10.6. The third-order valence-electron chi connectivity index (χ3n) is 2.64. The number of benzene rings is 2. The predicted octanol–water partition coefficient (Wildman–Crippen LogP) is 3.60. The number of carbonyl (C=O) groups is 1. The van der Waals surface area contributed by atoms with Gasteiger partial charge in [0.2, 0.25) is 0 Å². The van der Waals surface area contributed by atoms with E-state index < -0.39 is 5.24 Å². The van der Waals surface area contributed by atoms with E-state index in [0.717, 1.165) is 19.9 Å². The molecule has 0 fully saturated rings. The van der Waals surface area contributed by atoms with Crippen molar-refractivity contribution in [2.45, 2.75) is 6.92 Å². The zero-order valence-electron chi connectivity index (χ0n) is 9.54. The molecule has 0 aliphatic rings. The average Bonchev–Trinajstić information content (AvgIpc) is 2.33. The van der Waals surface area contributed by atoms with Crippen molar-refractivity contribution in [3.8, 4) is 11.5 Å². The molecular weight excluding hydrogens is 366 g/mol. The highest BCUT2D eigenvalue weighted by molar-refractivity contribution is 14.1. The lowest BCUT2D eigenvalue weighted by atomic mass is 10.0. The van der Waals surface area contributed by atoms with Crippen molar-refractivity contribution in [1.29, 1.82) is 0 Å². The monoisotopic (exact) mass is 376 g/mol. The first-order valence-electron chi connectivity index (χ1n) is 5.22. The Balaban J connectivity index is 2.46. The summed E-state index contributed by atoms with van der Waals surface area (Å²) in [7, 11) is 0. The van der Waals surface area contributed by atoms with Gasteiger partial charge in [0.05, 0.1) is 3.57 Å². The van der Waals surface area contributed by atoms with Crippen LogP contribution in [0.4, 0.5) is 0 Å². The van der Waals surface area contributed by atoms with Gasteiger partial charge < -0.3 is 9.84 Å². The van der Waals surface area contributed by atoms with Gasteiger partial charge >= 0.3 is 0 Å². The van der Waals surface area contributed by atoms with Crippen LogP contribution in [0.25, 0.3) is 10.8 Å². The molecule has 18 heavy (non-hydrogen) atoms. The lowest BCUT2D eigenvalue weighted by Crippen LogP contribution is -2.04. The van der Waals surface area contributed by atoms with E-state index in [-0.39, 0.29) is 6.61 Å². The number of aryl methyl sites for hydroxylation is 1. The van der Waals surface area contributed by atoms with E-state index >= 15 is 0 Å². The Morgan fingerprint density at radius 3 is 2.83 bits per heavy atom. The summed E-state index contributed by atoms with van der Waals surface area (Å²) in [4.78, 5) is 10.6. The molecule has 1 N–H and O–H groups in total. The minimum Gasteiger partial charge on any atom is -0.507 e. The number of hydrogen-bond acceptors (Lipinski definition) is 3. The fraction of sp³-hybridized carbons (Fsp3) is 0.154. The molecule has 0 aromatic heterocycles. The van der Waals surface area contributed by atoms with Crippen LogP contribution >= 0.6 is 34.2 Å². The molecule has 0 atom stereocenters. The van der Waals surface area contributed by atoms with Gasteiger partial charge in [-0.15, -0.1) is 0 Å². The van der Waals surface area contributed by atoms with Crippen molar-refractivity contribution < 1.29 is 14.6 Å². The average molecular weight is 377 g/mol. The van der Waals surface area contributed by atoms with E-state index in [2.05, 4.69) is 22.6 Å². The number of rotatable bonds is 3. The van der Waals surface area contributed by atoms with Gasteiger partial charge in [-0.1, -0.05) is 6.07 Å². The molecule has 3 nitrogen and oxygen atoms in total. The van der Waals surface area contributed by atoms with E-state index in [1.165, 1.54) is 0 Å². The molecule has 0 aliphatic heterocycles. The van der Waals surface area contributed by atoms with Gasteiger partial charge in [0.15, 0.2) is 6.61 Å². The number of aromatic hydroxyl groups is 1. The van der Waals surface area contributed by atoms with Crippen LogP contribution in [-0.4, -0.2) is 17.0 Å². The number of hydrogen-bond donors (Lipinski definition) is 1. The third-order valence-corrected chi connectivity index (χ3v) is 3.57. The highest BCUT2D eigenvalue weighted by Crippen LogP contribution is 2.33. The van der Waals surface area contributed by atoms with Crippen LogP contribution in [0.5, 0.6) is 11.5 Å². The molecule has 2 aromatic rings. The van der Waals surface area contributed by atoms with Crippen molar-refractivity contribution in [3.05, 3.63) is 33.4 Å². The lowest BCUT2D eigenvalue weighted by Gasteiger charge is -2.09. The quantitative estimate of drug-likeness (QED) is 0.658. The fourth-order valence-corrected chi connectivity index (χ4v) is 2.54. The van der Waals surface area contributed by atoms with Crippen molar-refractivity contribution in [2.24, 2.45) is 0 Å². The van der Waals surface area contributed by atoms with Gasteiger partial charge in [0.25, 0.3) is 5.24 Å². The molecule has 0 heterocycles. The topological polar surface area (TPSA) is 46.5 Å². The summed E-state index contributed by atoms with van der Waals surface area (Å²) in [6.07, 6.45) is 0. The number of halogens is 2. The summed E-state index contributed by atoms with van der Waals surface area (Å²) >= 11 is 7.29. The Kier molecular flexibility index (Phi) is 3.97. The summed E-state index contributed by atoms with van der Waals surface area (Å²) in [6, 6.07) is 7.30. The maximum Gasteiger partial charge on any atom is 0.259 e. The minimum absolute atomic E-state index is 0.152. The molecule has 94 valence electrons. The van der Waals surface area contributed by atoms with E-state index in [9.17, 15) is 9.90 Å². The molecule has 0 amide bonds. The Bertz CT molecular complexity index is 625. The van der Waals surface area contributed by atoms with Crippen LogP contribution in [0, 0.1) is 10.5 Å². The van der Waals surface area contributed by atoms with Gasteiger partial charge in [0.1, 0.15) is 11.5 Å². The predicted molar refractivity (Wildman–Crippen MR) is 79.4 cm³/mol. The molecule has 0 saturated carbocycles. The molecule has 2 rings (SSSR count). The van der Waals surface area contributed by atoms with Crippen molar-refractivity contribution >= 4 is 50.2 Å². The molecule has 0 unspecified atom stereocenters. The molecule has 0 radical (unpaired) electrons. The summed E-state index contributed by atoms with van der Waals surface area (Å²) in [5.41, 5.74) is 0.830. The van der Waals surface area contributed by atoms with E-state index in [4.69, 9.17) is 16.3 Å². The van der Waals surface area contributed by atoms with Gasteiger partial charge in [-0.25, -0.2) is 0 Å². The summed E-state index contributed by atoms with van der Waals surface area (Å²) in [6.45, 7) is 1.71. The van der Waals surface area contributed by atoms with Gasteiger partial charge in [-0.3, -0.25) is 4.79 Å². The molecular formula is C13H10ClIO3. The number of fused-ring (bicyclic) bond motifs is 1. The number of phenolic OH excluding ortho intramolecular Hbond substituents is 1. The SMILES string of the molecule is Cc1c(O)c(I)cc2cc(OCC(=O)Cl)ccc12. The van der Waals surface area contributed by atoms with Crippen LogP contribution in [0.15, 0.2) is 24.3 Å². The zero-order valence-corrected chi connectivity index (χ0v) is 12.4. The second-order valence-electron chi connectivity index (χ2n) is 3.86. The largest absolute Gasteiger partial charge is 0.507 e. The normalized spacial score (nSPS) is 10.6. The molecule has 0 bridgehead atoms. The second kappa shape index (κ2) is 5.32. The summed E-state index contributed by atoms with van der Waals surface area (Å²) < 4.78 is 6.02. The summed E-state index contributed by atoms with van der Waals surface area (Å²) in [5, 5.41) is 11.2. The van der Waals surface area contributed by atoms with Crippen molar-refractivity contribution in [1.82, 2.24) is 0 Å². The lowest BCUT2D eigenvalue weighted by molar-refractivity contribution is -0.113. The molecule has 2 aromatic carbocycles. The van der Waals surface area contributed by atoms with Crippen LogP contribution in [0.1, 0.15) is 5.56 Å². The smallest absolute Gasteiger partial charge is 0.259 e. The van der Waals surface area contributed by atoms with E-state index in [0.29, 0.717) is 11.5 Å². The molecule has 0 saturated heterocycles. The van der Waals surface area contributed by atoms with Gasteiger partial charge in [-0.05, 0) is 75.7 Å². The second-order valence-corrected chi connectivity index (χ2v) is 5.44. The van der Waals surface area contributed by atoms with E-state index in [1.54, 1.807) is 6.07 Å². The Labute approximate surface area is 123 Å². The number of ether oxygens (including phenoxy) is 1. The fourth-order valence-electron chi connectivity index (χ4n) is 1.74. The molecule has 5 heteroatoms. The number of carbonyl (C=O) groups excluding carboxylic acids is 1. The standard InChI is InChI=1S/C13H10ClIO3/c1-7-10-3-2-9(18-6-12(14)16)4-8(10)5-11(15)13(7)17/h2-5,17H,6H2,1H3. The summed E-state index contributed by atoms with van der Waals surface area (Å²) in [5.74, 6) is 0.880. The third kappa shape index (κ3) is 2.70. The zero-order chi connectivity index (χ0) is 13.3. The first-order chi connectivity index (χ1) is 8.49. The minimum atomic E-state index is -0.536. The van der Waals surface area contributed by atoms with E-state index in [1.807, 2.05) is 25.1 Å². The Morgan fingerprint density at radius 2 is 2.17 bits per heavy atom. The van der Waals surface area contributed by atoms with Crippen molar-refractivity contribution in [3.63, 3.8) is 0 Å². The molecule has 0 aliphatic carbocycles. The van der Waals surface area contributed by atoms with Crippen LogP contribution < -0.4 is 4.74 Å². The van der Waals surface area contributed by atoms with Crippen LogP contribution in [-0.2, 0) is 4.79 Å². The maximum atomic E-state index is 10.6.